The number of hydrogen-bond acceptors (Lipinski definition) is 3. The summed E-state index contributed by atoms with van der Waals surface area (Å²) >= 11 is 0. The summed E-state index contributed by atoms with van der Waals surface area (Å²) in [6.07, 6.45) is 4.55. The molecule has 0 unspecified atom stereocenters. The third kappa shape index (κ3) is 2.75. The van der Waals surface area contributed by atoms with E-state index < -0.39 is 0 Å². The fourth-order valence-corrected chi connectivity index (χ4v) is 2.62. The Labute approximate surface area is 120 Å². The van der Waals surface area contributed by atoms with Crippen LogP contribution in [0.1, 0.15) is 32.4 Å². The van der Waals surface area contributed by atoms with Crippen LogP contribution in [-0.4, -0.2) is 21.5 Å². The highest BCUT2D eigenvalue weighted by molar-refractivity contribution is 5.28. The highest BCUT2D eigenvalue weighted by Gasteiger charge is 2.44. The molecule has 1 saturated carbocycles. The van der Waals surface area contributed by atoms with E-state index in [1.807, 2.05) is 36.5 Å². The Hall–Kier alpha value is -1.68. The Kier molecular flexibility index (Phi) is 3.57. The van der Waals surface area contributed by atoms with Crippen molar-refractivity contribution in [3.63, 3.8) is 0 Å². The number of nitrogens with zero attached hydrogens (tertiary/aromatic N) is 3. The Morgan fingerprint density at radius 2 is 2.00 bits per heavy atom. The summed E-state index contributed by atoms with van der Waals surface area (Å²) in [5.41, 5.74) is 2.53. The normalized spacial score (nSPS) is 16.6. The summed E-state index contributed by atoms with van der Waals surface area (Å²) in [6.45, 7) is 6.52. The van der Waals surface area contributed by atoms with Gasteiger partial charge in [0.1, 0.15) is 0 Å². The molecular formula is C16H22N4. The Morgan fingerprint density at radius 1 is 1.25 bits per heavy atom. The minimum atomic E-state index is 0.537. The van der Waals surface area contributed by atoms with Gasteiger partial charge in [-0.05, 0) is 36.3 Å². The van der Waals surface area contributed by atoms with Crippen molar-refractivity contribution in [2.75, 3.05) is 6.54 Å². The summed E-state index contributed by atoms with van der Waals surface area (Å²) in [6, 6.07) is 10.0. The molecule has 1 heterocycles. The van der Waals surface area contributed by atoms with Gasteiger partial charge in [0.2, 0.25) is 0 Å². The van der Waals surface area contributed by atoms with Crippen molar-refractivity contribution in [3.8, 4) is 5.69 Å². The lowest BCUT2D eigenvalue weighted by Crippen LogP contribution is -2.27. The summed E-state index contributed by atoms with van der Waals surface area (Å²) in [7, 11) is 0. The minimum absolute atomic E-state index is 0.537. The van der Waals surface area contributed by atoms with E-state index in [1.165, 1.54) is 12.8 Å². The zero-order valence-electron chi connectivity index (χ0n) is 12.2. The molecule has 1 aliphatic carbocycles. The van der Waals surface area contributed by atoms with Crippen LogP contribution in [0.15, 0.2) is 36.5 Å². The minimum Gasteiger partial charge on any atom is -0.310 e. The summed E-state index contributed by atoms with van der Waals surface area (Å²) in [5, 5.41) is 12.4. The van der Waals surface area contributed by atoms with Gasteiger partial charge in [-0.2, -0.15) is 15.0 Å². The van der Waals surface area contributed by atoms with Crippen molar-refractivity contribution in [3.05, 3.63) is 42.2 Å². The molecule has 1 aliphatic rings. The molecule has 2 aromatic rings. The zero-order valence-corrected chi connectivity index (χ0v) is 12.2. The highest BCUT2D eigenvalue weighted by atomic mass is 15.5. The van der Waals surface area contributed by atoms with E-state index in [-0.39, 0.29) is 0 Å². The third-order valence-corrected chi connectivity index (χ3v) is 4.43. The first-order chi connectivity index (χ1) is 9.70. The van der Waals surface area contributed by atoms with E-state index in [0.29, 0.717) is 5.41 Å². The van der Waals surface area contributed by atoms with Crippen molar-refractivity contribution < 1.29 is 0 Å². The van der Waals surface area contributed by atoms with E-state index in [4.69, 9.17) is 0 Å². The SMILES string of the molecule is CC(C)C1(CNCc2cnn(-c3ccccc3)n2)CC1. The van der Waals surface area contributed by atoms with E-state index >= 15 is 0 Å². The monoisotopic (exact) mass is 270 g/mol. The summed E-state index contributed by atoms with van der Waals surface area (Å²) in [4.78, 5) is 1.69. The first-order valence-electron chi connectivity index (χ1n) is 7.37. The predicted octanol–water partition coefficient (Wildman–Crippen LogP) is 2.79. The standard InChI is InChI=1S/C16H22N4/c1-13(2)16(8-9-16)12-17-10-14-11-18-20(19-14)15-6-4-3-5-7-15/h3-7,11,13,17H,8-10,12H2,1-2H3. The molecule has 1 fully saturated rings. The smallest absolute Gasteiger partial charge is 0.0969 e. The lowest BCUT2D eigenvalue weighted by atomic mass is 9.92. The molecule has 0 saturated heterocycles. The number of para-hydroxylation sites is 1. The van der Waals surface area contributed by atoms with Gasteiger partial charge in [-0.25, -0.2) is 0 Å². The van der Waals surface area contributed by atoms with Gasteiger partial charge in [0.05, 0.1) is 17.6 Å². The fraction of sp³-hybridized carbons (Fsp3) is 0.500. The maximum Gasteiger partial charge on any atom is 0.0969 e. The molecule has 4 nitrogen and oxygen atoms in total. The molecule has 106 valence electrons. The first-order valence-corrected chi connectivity index (χ1v) is 7.37. The van der Waals surface area contributed by atoms with Gasteiger partial charge in [-0.1, -0.05) is 32.0 Å². The molecule has 0 atom stereocenters. The van der Waals surface area contributed by atoms with E-state index in [0.717, 1.165) is 30.4 Å². The topological polar surface area (TPSA) is 42.7 Å². The van der Waals surface area contributed by atoms with Gasteiger partial charge in [0.15, 0.2) is 0 Å². The van der Waals surface area contributed by atoms with Crippen LogP contribution in [0.2, 0.25) is 0 Å². The summed E-state index contributed by atoms with van der Waals surface area (Å²) in [5.74, 6) is 0.759. The van der Waals surface area contributed by atoms with Crippen molar-refractivity contribution in [1.29, 1.82) is 0 Å². The quantitative estimate of drug-likeness (QED) is 0.877. The van der Waals surface area contributed by atoms with Gasteiger partial charge in [-0.3, -0.25) is 0 Å². The van der Waals surface area contributed by atoms with Crippen LogP contribution in [0, 0.1) is 11.3 Å². The average molecular weight is 270 g/mol. The number of benzene rings is 1. The molecule has 0 bridgehead atoms. The molecule has 0 amide bonds. The average Bonchev–Trinajstić information content (AvgIpc) is 3.11. The fourth-order valence-electron chi connectivity index (χ4n) is 2.62. The second-order valence-corrected chi connectivity index (χ2v) is 6.08. The molecule has 1 aromatic carbocycles. The number of hydrogen-bond donors (Lipinski definition) is 1. The summed E-state index contributed by atoms with van der Waals surface area (Å²) < 4.78 is 0. The van der Waals surface area contributed by atoms with Crippen LogP contribution in [-0.2, 0) is 6.54 Å². The Balaban J connectivity index is 1.56. The van der Waals surface area contributed by atoms with Gasteiger partial charge >= 0.3 is 0 Å². The van der Waals surface area contributed by atoms with Crippen molar-refractivity contribution in [2.24, 2.45) is 11.3 Å². The highest BCUT2D eigenvalue weighted by Crippen LogP contribution is 2.51. The third-order valence-electron chi connectivity index (χ3n) is 4.43. The Bertz CT molecular complexity index is 555. The van der Waals surface area contributed by atoms with Crippen molar-refractivity contribution in [1.82, 2.24) is 20.3 Å². The van der Waals surface area contributed by atoms with Crippen LogP contribution in [0.3, 0.4) is 0 Å². The van der Waals surface area contributed by atoms with Gasteiger partial charge in [0, 0.05) is 13.1 Å². The lowest BCUT2D eigenvalue weighted by molar-refractivity contribution is 0.337. The second-order valence-electron chi connectivity index (χ2n) is 6.08. The van der Waals surface area contributed by atoms with Crippen LogP contribution in [0.25, 0.3) is 5.69 Å². The number of aromatic nitrogens is 3. The maximum atomic E-state index is 4.51. The second kappa shape index (κ2) is 5.37. The molecule has 4 heteroatoms. The van der Waals surface area contributed by atoms with Gasteiger partial charge in [-0.15, -0.1) is 0 Å². The number of rotatable bonds is 6. The van der Waals surface area contributed by atoms with E-state index in [9.17, 15) is 0 Å². The van der Waals surface area contributed by atoms with Gasteiger partial charge < -0.3 is 5.32 Å². The van der Waals surface area contributed by atoms with Crippen LogP contribution in [0.4, 0.5) is 0 Å². The van der Waals surface area contributed by atoms with Crippen LogP contribution >= 0.6 is 0 Å². The predicted molar refractivity (Wildman–Crippen MR) is 79.6 cm³/mol. The molecule has 0 radical (unpaired) electrons. The van der Waals surface area contributed by atoms with Crippen molar-refractivity contribution in [2.45, 2.75) is 33.2 Å². The molecule has 20 heavy (non-hydrogen) atoms. The Morgan fingerprint density at radius 3 is 2.65 bits per heavy atom. The van der Waals surface area contributed by atoms with Crippen molar-refractivity contribution >= 4 is 0 Å². The van der Waals surface area contributed by atoms with Crippen LogP contribution < -0.4 is 5.32 Å². The molecule has 3 rings (SSSR count). The van der Waals surface area contributed by atoms with Crippen LogP contribution in [0.5, 0.6) is 0 Å². The molecular weight excluding hydrogens is 248 g/mol. The molecule has 0 spiro atoms. The molecule has 1 N–H and O–H groups in total. The maximum absolute atomic E-state index is 4.51. The van der Waals surface area contributed by atoms with Gasteiger partial charge in [0.25, 0.3) is 0 Å². The molecule has 0 aliphatic heterocycles. The molecule has 1 aromatic heterocycles. The van der Waals surface area contributed by atoms with E-state index in [2.05, 4.69) is 29.4 Å². The van der Waals surface area contributed by atoms with E-state index in [1.54, 1.807) is 4.80 Å². The number of nitrogens with one attached hydrogen (secondary N) is 1. The largest absolute Gasteiger partial charge is 0.310 e. The lowest BCUT2D eigenvalue weighted by Gasteiger charge is -2.19. The zero-order chi connectivity index (χ0) is 14.0. The first kappa shape index (κ1) is 13.3.